The molecule has 53 heteroatoms. The number of carbonyl (C=O) groups excluding carboxylic acids is 2. The molecule has 0 atom stereocenters. The third-order valence-electron chi connectivity index (χ3n) is 19.0. The van der Waals surface area contributed by atoms with E-state index in [1.807, 2.05) is 0 Å². The van der Waals surface area contributed by atoms with Crippen molar-refractivity contribution in [2.45, 2.75) is 0 Å². The summed E-state index contributed by atoms with van der Waals surface area (Å²) in [6, 6.07) is 11.7. The Labute approximate surface area is 974 Å². The van der Waals surface area contributed by atoms with Crippen molar-refractivity contribution in [3.8, 4) is 113 Å². The Bertz CT molecular complexity index is 7220. The maximum absolute atomic E-state index is 12.6. The van der Waals surface area contributed by atoms with E-state index in [1.54, 1.807) is 0 Å². The summed E-state index contributed by atoms with van der Waals surface area (Å²) in [5.74, 6) is -7.20. The number of fused-ring (bicyclic) bond motifs is 8. The van der Waals surface area contributed by atoms with E-state index in [4.69, 9.17) is 203 Å². The molecule has 8 aromatic carbocycles. The summed E-state index contributed by atoms with van der Waals surface area (Å²) < 4.78 is 25.8. The van der Waals surface area contributed by atoms with Gasteiger partial charge in [0.15, 0.2) is 34.2 Å². The normalized spacial score (nSPS) is 11.4. The van der Waals surface area contributed by atoms with Crippen LogP contribution in [0, 0.1) is 0 Å². The number of hydrogen-bond donors (Lipinski definition) is 4. The predicted molar refractivity (Wildman–Crippen MR) is 572 cm³/mol. The average molecular weight is 3350 g/mol. The molecule has 4 N–H and O–H groups in total. The first-order chi connectivity index (χ1) is 61.5. The number of carboxylic acids is 4. The van der Waals surface area contributed by atoms with Crippen LogP contribution in [-0.4, -0.2) is 71.6 Å². The summed E-state index contributed by atoms with van der Waals surface area (Å²) in [5, 5.41) is 87.6. The van der Waals surface area contributed by atoms with Gasteiger partial charge in [-0.2, -0.15) is 0 Å². The Kier molecular flexibility index (Phi) is 35.7. The van der Waals surface area contributed by atoms with Crippen molar-refractivity contribution in [1.82, 2.24) is 0 Å². The third-order valence-corrected chi connectivity index (χ3v) is 36.7. The van der Waals surface area contributed by atoms with E-state index in [0.717, 1.165) is 0 Å². The topological polar surface area (TPSA) is 362 Å². The zero-order chi connectivity index (χ0) is 98.1. The Morgan fingerprint density at radius 1 is 0.256 bits per heavy atom. The Hall–Kier alpha value is -1.16. The minimum Gasteiger partial charge on any atom is -0.871 e. The smallest absolute Gasteiger partial charge is 0.337 e. The molecule has 0 fully saturated rings. The van der Waals surface area contributed by atoms with Crippen LogP contribution in [-0.2, 0) is 0 Å². The largest absolute Gasteiger partial charge is 0.871 e. The summed E-state index contributed by atoms with van der Waals surface area (Å²) >= 11 is 152. The van der Waals surface area contributed by atoms with Crippen molar-refractivity contribution >= 4 is 536 Å². The molecule has 0 aromatic heterocycles. The van der Waals surface area contributed by atoms with Crippen LogP contribution in [0.4, 0.5) is 0 Å². The van der Waals surface area contributed by atoms with Gasteiger partial charge in [-0.1, -0.05) is 229 Å². The molecule has 0 bridgehead atoms. The summed E-state index contributed by atoms with van der Waals surface area (Å²) in [7, 11) is 0. The van der Waals surface area contributed by atoms with Crippen LogP contribution in [0.5, 0.6) is 23.0 Å². The predicted octanol–water partition coefficient (Wildman–Crippen LogP) is 34.2. The number of rotatable bonds is 8. The molecule has 0 spiro atoms. The minimum atomic E-state index is -1.67. The number of phenolic OH excluding ortho intramolecular Hbond substituents is 2. The maximum Gasteiger partial charge on any atom is 0.337 e. The molecular formula is C80H12Br16Cl16O20Pb-4. The molecule has 4 radical (unpaired) electrons. The number of halogens is 32. The fraction of sp³-hybridized carbons (Fsp3) is 0. The third kappa shape index (κ3) is 19.4. The Morgan fingerprint density at radius 3 is 0.654 bits per heavy atom. The molecule has 684 valence electrons. The van der Waals surface area contributed by atoms with Gasteiger partial charge in [0.2, 0.25) is 21.7 Å². The number of phenols is 2. The zero-order valence-corrected chi connectivity index (χ0v) is 103. The second kappa shape index (κ2) is 42.9. The van der Waals surface area contributed by atoms with Gasteiger partial charge in [-0.3, -0.25) is 19.2 Å². The number of carbonyl (C=O) groups is 4. The molecule has 0 amide bonds. The molecule has 20 nitrogen and oxygen atoms in total. The van der Waals surface area contributed by atoms with Gasteiger partial charge < -0.3 is 68.1 Å². The van der Waals surface area contributed by atoms with Crippen molar-refractivity contribution in [2.24, 2.45) is 0 Å². The number of carboxylic acid groups (broad SMARTS) is 4. The second-order valence-corrected chi connectivity index (χ2v) is 45.4. The summed E-state index contributed by atoms with van der Waals surface area (Å²) in [5.41, 5.74) is -1.70. The fourth-order valence-electron chi connectivity index (χ4n) is 13.3. The van der Waals surface area contributed by atoms with Crippen molar-refractivity contribution in [2.75, 3.05) is 0 Å². The van der Waals surface area contributed by atoms with Crippen LogP contribution in [0.15, 0.2) is 157 Å². The van der Waals surface area contributed by atoms with E-state index in [9.17, 15) is 79.2 Å². The van der Waals surface area contributed by atoms with E-state index < -0.39 is 79.3 Å². The van der Waals surface area contributed by atoms with Crippen molar-refractivity contribution in [3.05, 3.63) is 264 Å². The molecule has 0 saturated carbocycles. The van der Waals surface area contributed by atoms with Crippen LogP contribution in [0.2, 0.25) is 80.4 Å². The fourth-order valence-corrected chi connectivity index (χ4v) is 27.0. The second-order valence-electron chi connectivity index (χ2n) is 26.2. The van der Waals surface area contributed by atoms with E-state index in [-0.39, 0.29) is 303 Å². The minimum absolute atomic E-state index is 0. The first-order valence-electron chi connectivity index (χ1n) is 33.6. The molecule has 0 saturated heterocycles. The van der Waals surface area contributed by atoms with Crippen molar-refractivity contribution in [3.63, 3.8) is 0 Å². The molecule has 133 heavy (non-hydrogen) atoms. The van der Waals surface area contributed by atoms with Gasteiger partial charge in [0.25, 0.3) is 0 Å². The number of hydrogen-bond acceptors (Lipinski definition) is 18. The van der Waals surface area contributed by atoms with E-state index >= 15 is 0 Å². The molecule has 0 unspecified atom stereocenters. The van der Waals surface area contributed by atoms with Crippen LogP contribution in [0.3, 0.4) is 0 Å². The van der Waals surface area contributed by atoms with E-state index in [0.29, 0.717) is 21.9 Å². The number of aromatic hydroxyl groups is 2. The zero-order valence-electron chi connectivity index (χ0n) is 61.5. The van der Waals surface area contributed by atoms with Crippen molar-refractivity contribution < 1.29 is 77.7 Å². The molecule has 4 heterocycles. The first-order valence-corrected chi connectivity index (χ1v) is 52.4. The molecule has 16 rings (SSSR count). The van der Waals surface area contributed by atoms with Gasteiger partial charge in [-0.25, -0.2) is 9.59 Å². The quantitative estimate of drug-likeness (QED) is 0.0475. The average Bonchev–Trinajstić information content (AvgIpc) is 0.730. The van der Waals surface area contributed by atoms with Crippen LogP contribution >= 0.6 is 440 Å². The van der Waals surface area contributed by atoms with Gasteiger partial charge in [0.1, 0.15) is 49.5 Å². The molecular weight excluding hydrogens is 3330 g/mol. The van der Waals surface area contributed by atoms with Gasteiger partial charge in [-0.15, -0.1) is 0 Å². The van der Waals surface area contributed by atoms with E-state index in [1.165, 1.54) is 48.5 Å². The number of benzene rings is 12. The summed E-state index contributed by atoms with van der Waals surface area (Å²) in [6.07, 6.45) is 0. The summed E-state index contributed by atoms with van der Waals surface area (Å²) in [4.78, 5) is 99.1. The van der Waals surface area contributed by atoms with Crippen LogP contribution in [0.1, 0.15) is 41.4 Å². The monoisotopic (exact) mass is 3320 g/mol. The molecule has 8 aromatic rings. The van der Waals surface area contributed by atoms with Gasteiger partial charge in [0, 0.05) is 136 Å². The Morgan fingerprint density at radius 2 is 0.444 bits per heavy atom. The van der Waals surface area contributed by atoms with Gasteiger partial charge in [0.05, 0.1) is 139 Å². The molecule has 8 aliphatic rings. The summed E-state index contributed by atoms with van der Waals surface area (Å²) in [6.45, 7) is 0. The SMILES string of the molecule is O=C(O)c1c(Cl)c(Cl)c(Cl)c(Cl)c1-c1c2cc(Br)c(=O)c(Br)c-2oc2c(Br)c(O)c(Br)cc12.O=C(O)c1c(Cl)c(Cl)c(Cl)c(Cl)c1-c1c2cc(Br)c(=O)c(Br)c-2oc2c(Br)c(O)c(Br)cc12.O=C([O-])c1c(Cl)c(Cl)c(Cl)c(Cl)c1-c1c2cc(Br)c(=O)c(Br)c-2oc2c(Br)c([O-])c(Br)cc12.O=C([O-])c1c(Cl)c(Cl)c(Cl)c(Cl)c1-c1c2cc(Br)c(=O)c(Br)c-2oc2c(Br)c([O-])c(Br)cc12.[Pb]. The molecule has 4 aliphatic heterocycles. The standard InChI is InChI=1S/4C20H4Br4Cl4O5.Pb/c4*21-5-1-3-7(8-9(20(31)32)13(26)15(28)14(27)12(8)25)4-2-6(22)17(30)11(24)19(4)33-18(3)10(23)16(5)29;/h4*1-2,29H,(H,31,32);/p-4. The molecule has 4 aliphatic carbocycles. The van der Waals surface area contributed by atoms with Gasteiger partial charge in [-0.05, 0) is 272 Å². The van der Waals surface area contributed by atoms with Crippen molar-refractivity contribution in [1.29, 1.82) is 0 Å². The van der Waals surface area contributed by atoms with Crippen LogP contribution < -0.4 is 42.1 Å². The maximum atomic E-state index is 12.6. The number of aromatic carboxylic acids is 4. The van der Waals surface area contributed by atoms with E-state index in [2.05, 4.69) is 255 Å². The van der Waals surface area contributed by atoms with Crippen LogP contribution in [0.25, 0.3) is 134 Å². The first kappa shape index (κ1) is 111. The Balaban J connectivity index is 0.000000160. The van der Waals surface area contributed by atoms with Gasteiger partial charge >= 0.3 is 11.9 Å².